The highest BCUT2D eigenvalue weighted by molar-refractivity contribution is 5.94. The first-order valence-electron chi connectivity index (χ1n) is 5.75. The number of carbonyl (C=O) groups is 1. The number of hydrogen-bond acceptors (Lipinski definition) is 4. The zero-order chi connectivity index (χ0) is 14.3. The van der Waals surface area contributed by atoms with Crippen LogP contribution >= 0.6 is 0 Å². The van der Waals surface area contributed by atoms with Gasteiger partial charge in [-0.2, -0.15) is 0 Å². The molecule has 7 nitrogen and oxygen atoms in total. The number of nitrogens with zero attached hydrogens (tertiary/aromatic N) is 1. The van der Waals surface area contributed by atoms with Crippen molar-refractivity contribution in [3.8, 4) is 11.5 Å². The van der Waals surface area contributed by atoms with E-state index in [9.17, 15) is 9.90 Å². The Bertz CT molecular complexity index is 470. The molecule has 0 fully saturated rings. The van der Waals surface area contributed by atoms with Gasteiger partial charge in [0.25, 0.3) is 5.91 Å². The van der Waals surface area contributed by atoms with E-state index < -0.39 is 0 Å². The zero-order valence-electron chi connectivity index (χ0n) is 10.7. The van der Waals surface area contributed by atoms with Gasteiger partial charge in [-0.3, -0.25) is 9.79 Å². The Morgan fingerprint density at radius 1 is 1.47 bits per heavy atom. The van der Waals surface area contributed by atoms with Crippen LogP contribution in [0.5, 0.6) is 11.5 Å². The number of amides is 1. The molecule has 6 N–H and O–H groups in total. The molecule has 1 amide bonds. The lowest BCUT2D eigenvalue weighted by Crippen LogP contribution is -2.26. The third-order valence-corrected chi connectivity index (χ3v) is 2.36. The first kappa shape index (κ1) is 14.6. The molecule has 1 rings (SSSR count). The molecule has 1 aromatic carbocycles. The highest BCUT2D eigenvalue weighted by atomic mass is 16.5. The number of benzene rings is 1. The van der Waals surface area contributed by atoms with E-state index in [4.69, 9.17) is 16.2 Å². The molecule has 19 heavy (non-hydrogen) atoms. The van der Waals surface area contributed by atoms with E-state index >= 15 is 0 Å². The van der Waals surface area contributed by atoms with Gasteiger partial charge < -0.3 is 26.6 Å². The fourth-order valence-electron chi connectivity index (χ4n) is 1.41. The average molecular weight is 266 g/mol. The molecule has 0 saturated heterocycles. The number of carbonyl (C=O) groups excluding carboxylic acids is 1. The van der Waals surface area contributed by atoms with Crippen molar-refractivity contribution in [1.29, 1.82) is 0 Å². The first-order valence-corrected chi connectivity index (χ1v) is 5.75. The van der Waals surface area contributed by atoms with E-state index in [2.05, 4.69) is 10.3 Å². The van der Waals surface area contributed by atoms with Gasteiger partial charge in [-0.15, -0.1) is 0 Å². The van der Waals surface area contributed by atoms with Crippen LogP contribution in [0, 0.1) is 0 Å². The Balaban J connectivity index is 2.47. The van der Waals surface area contributed by atoms with Crippen LogP contribution in [-0.4, -0.2) is 37.2 Å². The number of aliphatic imine (C=N–C) groups is 1. The third kappa shape index (κ3) is 4.74. The van der Waals surface area contributed by atoms with Gasteiger partial charge in [0, 0.05) is 18.7 Å². The van der Waals surface area contributed by atoms with E-state index in [1.54, 1.807) is 0 Å². The highest BCUT2D eigenvalue weighted by Crippen LogP contribution is 2.26. The standard InChI is InChI=1S/C12H18N4O3/c1-19-10-7-8(3-4-9(10)17)11(18)15-5-2-6-16-12(13)14/h3-4,7,17H,2,5-6H2,1H3,(H,15,18)(H4,13,14,16). The maximum Gasteiger partial charge on any atom is 0.251 e. The Kier molecular flexibility index (Phi) is 5.46. The van der Waals surface area contributed by atoms with Crippen LogP contribution in [0.1, 0.15) is 16.8 Å². The Hall–Kier alpha value is -2.44. The molecule has 0 saturated carbocycles. The van der Waals surface area contributed by atoms with Crippen LogP contribution in [-0.2, 0) is 0 Å². The summed E-state index contributed by atoms with van der Waals surface area (Å²) < 4.78 is 4.93. The summed E-state index contributed by atoms with van der Waals surface area (Å²) in [4.78, 5) is 15.6. The molecule has 104 valence electrons. The summed E-state index contributed by atoms with van der Waals surface area (Å²) in [6.45, 7) is 0.917. The van der Waals surface area contributed by atoms with Gasteiger partial charge in [0.05, 0.1) is 7.11 Å². The Morgan fingerprint density at radius 3 is 2.84 bits per heavy atom. The fraction of sp³-hybridized carbons (Fsp3) is 0.333. The van der Waals surface area contributed by atoms with Crippen molar-refractivity contribution in [2.75, 3.05) is 20.2 Å². The molecular formula is C12H18N4O3. The Morgan fingerprint density at radius 2 is 2.21 bits per heavy atom. The minimum atomic E-state index is -0.247. The summed E-state index contributed by atoms with van der Waals surface area (Å²) in [6.07, 6.45) is 0.638. The van der Waals surface area contributed by atoms with Crippen molar-refractivity contribution in [3.05, 3.63) is 23.8 Å². The molecule has 1 aromatic rings. The van der Waals surface area contributed by atoms with E-state index in [1.807, 2.05) is 0 Å². The smallest absolute Gasteiger partial charge is 0.251 e. The van der Waals surface area contributed by atoms with Gasteiger partial charge in [-0.25, -0.2) is 0 Å². The fourth-order valence-corrected chi connectivity index (χ4v) is 1.41. The first-order chi connectivity index (χ1) is 9.04. The molecule has 0 bridgehead atoms. The van der Waals surface area contributed by atoms with Gasteiger partial charge in [0.15, 0.2) is 17.5 Å². The van der Waals surface area contributed by atoms with E-state index in [0.717, 1.165) is 0 Å². The summed E-state index contributed by atoms with van der Waals surface area (Å²) in [7, 11) is 1.42. The number of nitrogens with two attached hydrogens (primary N) is 2. The molecule has 0 aliphatic rings. The van der Waals surface area contributed by atoms with E-state index in [1.165, 1.54) is 25.3 Å². The molecule has 0 atom stereocenters. The zero-order valence-corrected chi connectivity index (χ0v) is 10.7. The summed E-state index contributed by atoms with van der Waals surface area (Å²) >= 11 is 0. The van der Waals surface area contributed by atoms with Gasteiger partial charge in [0.2, 0.25) is 0 Å². The SMILES string of the molecule is COc1cc(C(=O)NCCCN=C(N)N)ccc1O. The van der Waals surface area contributed by atoms with Crippen LogP contribution in [0.2, 0.25) is 0 Å². The van der Waals surface area contributed by atoms with Crippen molar-refractivity contribution < 1.29 is 14.6 Å². The van der Waals surface area contributed by atoms with Crippen molar-refractivity contribution in [2.24, 2.45) is 16.5 Å². The summed E-state index contributed by atoms with van der Waals surface area (Å²) in [5, 5.41) is 12.1. The molecule has 0 unspecified atom stereocenters. The van der Waals surface area contributed by atoms with Gasteiger partial charge in [-0.05, 0) is 24.6 Å². The number of rotatable bonds is 6. The number of aromatic hydroxyl groups is 1. The highest BCUT2D eigenvalue weighted by Gasteiger charge is 2.08. The van der Waals surface area contributed by atoms with Crippen LogP contribution < -0.4 is 21.5 Å². The van der Waals surface area contributed by atoms with Crippen LogP contribution in [0.25, 0.3) is 0 Å². The summed E-state index contributed by atoms with van der Waals surface area (Å²) in [6, 6.07) is 4.40. The quantitative estimate of drug-likeness (QED) is 0.322. The summed E-state index contributed by atoms with van der Waals surface area (Å²) in [5.41, 5.74) is 10.8. The van der Waals surface area contributed by atoms with Crippen LogP contribution in [0.15, 0.2) is 23.2 Å². The molecule has 0 aromatic heterocycles. The van der Waals surface area contributed by atoms with Gasteiger partial charge in [0.1, 0.15) is 0 Å². The maximum absolute atomic E-state index is 11.8. The maximum atomic E-state index is 11.8. The second kappa shape index (κ2) is 7.10. The van der Waals surface area contributed by atoms with Crippen molar-refractivity contribution in [3.63, 3.8) is 0 Å². The monoisotopic (exact) mass is 266 g/mol. The predicted molar refractivity (Wildman–Crippen MR) is 72.3 cm³/mol. The van der Waals surface area contributed by atoms with Crippen LogP contribution in [0.3, 0.4) is 0 Å². The van der Waals surface area contributed by atoms with E-state index in [-0.39, 0.29) is 23.4 Å². The molecule has 0 spiro atoms. The predicted octanol–water partition coefficient (Wildman–Crippen LogP) is -0.206. The van der Waals surface area contributed by atoms with Crippen molar-refractivity contribution in [2.45, 2.75) is 6.42 Å². The second-order valence-electron chi connectivity index (χ2n) is 3.80. The lowest BCUT2D eigenvalue weighted by molar-refractivity contribution is 0.0953. The van der Waals surface area contributed by atoms with Gasteiger partial charge in [-0.1, -0.05) is 0 Å². The molecule has 0 aliphatic heterocycles. The summed E-state index contributed by atoms with van der Waals surface area (Å²) in [5.74, 6) is 0.0394. The topological polar surface area (TPSA) is 123 Å². The normalized spacial score (nSPS) is 9.74. The third-order valence-electron chi connectivity index (χ3n) is 2.36. The number of ether oxygens (including phenoxy) is 1. The molecule has 7 heteroatoms. The van der Waals surface area contributed by atoms with Crippen molar-refractivity contribution >= 4 is 11.9 Å². The molecule has 0 aliphatic carbocycles. The number of guanidine groups is 1. The minimum Gasteiger partial charge on any atom is -0.504 e. The molecule has 0 heterocycles. The lowest BCUT2D eigenvalue weighted by Gasteiger charge is -2.07. The number of phenolic OH excluding ortho intramolecular Hbond substituents is 1. The van der Waals surface area contributed by atoms with Crippen LogP contribution in [0.4, 0.5) is 0 Å². The Labute approximate surface area is 111 Å². The van der Waals surface area contributed by atoms with Crippen molar-refractivity contribution in [1.82, 2.24) is 5.32 Å². The number of nitrogens with one attached hydrogen (secondary N) is 1. The number of phenols is 1. The van der Waals surface area contributed by atoms with Gasteiger partial charge >= 0.3 is 0 Å². The van der Waals surface area contributed by atoms with E-state index in [0.29, 0.717) is 25.1 Å². The lowest BCUT2D eigenvalue weighted by atomic mass is 10.2. The minimum absolute atomic E-state index is 0.00759. The number of methoxy groups -OCH3 is 1. The molecular weight excluding hydrogens is 248 g/mol. The molecule has 0 radical (unpaired) electrons. The second-order valence-corrected chi connectivity index (χ2v) is 3.80. The largest absolute Gasteiger partial charge is 0.504 e. The number of hydrogen-bond donors (Lipinski definition) is 4. The average Bonchev–Trinajstić information content (AvgIpc) is 2.38.